The molecule has 24 heavy (non-hydrogen) atoms. The first kappa shape index (κ1) is 16.7. The van der Waals surface area contributed by atoms with Gasteiger partial charge in [-0.1, -0.05) is 51.1 Å². The maximum atomic E-state index is 2.39. The summed E-state index contributed by atoms with van der Waals surface area (Å²) in [6, 6.07) is 15.6. The van der Waals surface area contributed by atoms with Crippen LogP contribution in [0.2, 0.25) is 0 Å². The van der Waals surface area contributed by atoms with Crippen LogP contribution in [0.25, 0.3) is 22.0 Å². The zero-order valence-corrected chi connectivity index (χ0v) is 15.8. The monoisotopic (exact) mass is 318 g/mol. The Morgan fingerprint density at radius 2 is 1.58 bits per heavy atom. The lowest BCUT2D eigenvalue weighted by atomic mass is 9.87. The highest BCUT2D eigenvalue weighted by Gasteiger charge is 2.19. The van der Waals surface area contributed by atoms with Gasteiger partial charge in [-0.15, -0.1) is 0 Å². The van der Waals surface area contributed by atoms with Gasteiger partial charge in [-0.2, -0.15) is 0 Å². The van der Waals surface area contributed by atoms with E-state index in [9.17, 15) is 0 Å². The number of pyridine rings is 1. The van der Waals surface area contributed by atoms with Crippen LogP contribution >= 0.6 is 0 Å². The number of benzene rings is 2. The van der Waals surface area contributed by atoms with E-state index < -0.39 is 0 Å². The van der Waals surface area contributed by atoms with Crippen LogP contribution in [0.15, 0.2) is 48.7 Å². The van der Waals surface area contributed by atoms with Gasteiger partial charge in [0.2, 0.25) is 5.69 Å². The molecule has 1 aromatic heterocycles. The molecule has 0 aliphatic heterocycles. The first-order valence-electron chi connectivity index (χ1n) is 8.74. The normalized spacial score (nSPS) is 11.9. The zero-order chi connectivity index (χ0) is 17.5. The summed E-state index contributed by atoms with van der Waals surface area (Å²) in [6.45, 7) is 11.3. The van der Waals surface area contributed by atoms with Crippen LogP contribution in [0, 0.1) is 19.3 Å². The second-order valence-electron chi connectivity index (χ2n) is 8.20. The van der Waals surface area contributed by atoms with Gasteiger partial charge in [0, 0.05) is 11.1 Å². The quantitative estimate of drug-likeness (QED) is 0.546. The molecule has 1 heterocycles. The molecule has 3 rings (SSSR count). The largest absolute Gasteiger partial charge is 0.220 e. The van der Waals surface area contributed by atoms with Gasteiger partial charge in [0.1, 0.15) is 7.05 Å². The minimum absolute atomic E-state index is 0.305. The smallest absolute Gasteiger partial charge is 0.200 e. The van der Waals surface area contributed by atoms with Crippen molar-refractivity contribution < 1.29 is 4.57 Å². The summed E-state index contributed by atoms with van der Waals surface area (Å²) >= 11 is 0. The number of fused-ring (bicyclic) bond motifs is 1. The van der Waals surface area contributed by atoms with E-state index in [2.05, 4.69) is 94.9 Å². The summed E-state index contributed by atoms with van der Waals surface area (Å²) in [4.78, 5) is 0. The molecule has 0 radical (unpaired) electrons. The highest BCUT2D eigenvalue weighted by atomic mass is 14.9. The van der Waals surface area contributed by atoms with E-state index in [4.69, 9.17) is 0 Å². The van der Waals surface area contributed by atoms with E-state index in [0.29, 0.717) is 5.41 Å². The fourth-order valence-corrected chi connectivity index (χ4v) is 3.63. The third-order valence-corrected chi connectivity index (χ3v) is 4.64. The standard InChI is InChI=1S/C23H28N/c1-16-9-7-8-10-19(16)22-20-12-11-18(14-23(3,4)5)13-21(20)17(2)15-24(22)6/h7-13,15H,14H2,1-6H3/q+1. The molecule has 0 fully saturated rings. The van der Waals surface area contributed by atoms with Gasteiger partial charge in [0.15, 0.2) is 6.20 Å². The summed E-state index contributed by atoms with van der Waals surface area (Å²) in [5, 5.41) is 2.71. The molecule has 0 saturated heterocycles. The van der Waals surface area contributed by atoms with Gasteiger partial charge < -0.3 is 0 Å². The minimum atomic E-state index is 0.305. The van der Waals surface area contributed by atoms with E-state index >= 15 is 0 Å². The highest BCUT2D eigenvalue weighted by Crippen LogP contribution is 2.31. The fraction of sp³-hybridized carbons (Fsp3) is 0.348. The zero-order valence-electron chi connectivity index (χ0n) is 15.8. The molecule has 124 valence electrons. The molecule has 0 unspecified atom stereocenters. The third-order valence-electron chi connectivity index (χ3n) is 4.64. The molecule has 0 aliphatic carbocycles. The van der Waals surface area contributed by atoms with Gasteiger partial charge in [-0.25, -0.2) is 4.57 Å². The minimum Gasteiger partial charge on any atom is -0.200 e. The second-order valence-corrected chi connectivity index (χ2v) is 8.20. The molecule has 0 atom stereocenters. The van der Waals surface area contributed by atoms with Crippen LogP contribution in [0.1, 0.15) is 37.5 Å². The van der Waals surface area contributed by atoms with Crippen molar-refractivity contribution in [2.75, 3.05) is 0 Å². The highest BCUT2D eigenvalue weighted by molar-refractivity contribution is 5.95. The topological polar surface area (TPSA) is 3.88 Å². The number of aryl methyl sites for hydroxylation is 3. The average Bonchev–Trinajstić information content (AvgIpc) is 2.48. The Morgan fingerprint density at radius 3 is 2.25 bits per heavy atom. The molecule has 2 aromatic carbocycles. The van der Waals surface area contributed by atoms with Crippen molar-refractivity contribution in [1.82, 2.24) is 0 Å². The lowest BCUT2D eigenvalue weighted by Crippen LogP contribution is -2.31. The summed E-state index contributed by atoms with van der Waals surface area (Å²) in [5.74, 6) is 0. The van der Waals surface area contributed by atoms with Gasteiger partial charge in [0.05, 0.1) is 5.39 Å². The maximum absolute atomic E-state index is 2.39. The van der Waals surface area contributed by atoms with Crippen LogP contribution in [-0.2, 0) is 13.5 Å². The van der Waals surface area contributed by atoms with Crippen molar-refractivity contribution in [2.24, 2.45) is 12.5 Å². The van der Waals surface area contributed by atoms with Gasteiger partial charge in [0.25, 0.3) is 0 Å². The predicted molar refractivity (Wildman–Crippen MR) is 103 cm³/mol. The van der Waals surface area contributed by atoms with Crippen molar-refractivity contribution in [2.45, 2.75) is 41.0 Å². The Kier molecular flexibility index (Phi) is 4.21. The van der Waals surface area contributed by atoms with E-state index in [-0.39, 0.29) is 0 Å². The third kappa shape index (κ3) is 3.21. The summed E-state index contributed by atoms with van der Waals surface area (Å²) in [7, 11) is 2.15. The Balaban J connectivity index is 2.26. The number of aromatic nitrogens is 1. The Morgan fingerprint density at radius 1 is 0.875 bits per heavy atom. The van der Waals surface area contributed by atoms with Crippen molar-refractivity contribution in [1.29, 1.82) is 0 Å². The lowest BCUT2D eigenvalue weighted by molar-refractivity contribution is -0.659. The molecule has 0 amide bonds. The average molecular weight is 318 g/mol. The van der Waals surface area contributed by atoms with E-state index in [0.717, 1.165) is 6.42 Å². The fourth-order valence-electron chi connectivity index (χ4n) is 3.63. The van der Waals surface area contributed by atoms with Crippen molar-refractivity contribution >= 4 is 10.8 Å². The van der Waals surface area contributed by atoms with E-state index in [1.807, 2.05) is 0 Å². The molecule has 0 saturated carbocycles. The number of hydrogen-bond acceptors (Lipinski definition) is 0. The summed E-state index contributed by atoms with van der Waals surface area (Å²) < 4.78 is 2.27. The van der Waals surface area contributed by atoms with Crippen LogP contribution in [0.5, 0.6) is 0 Å². The van der Waals surface area contributed by atoms with Crippen molar-refractivity contribution in [3.63, 3.8) is 0 Å². The van der Waals surface area contributed by atoms with Crippen molar-refractivity contribution in [3.8, 4) is 11.3 Å². The number of hydrogen-bond donors (Lipinski definition) is 0. The molecule has 0 N–H and O–H groups in total. The second kappa shape index (κ2) is 6.05. The summed E-state index contributed by atoms with van der Waals surface area (Å²) in [6.07, 6.45) is 3.36. The molecular weight excluding hydrogens is 290 g/mol. The Hall–Kier alpha value is -2.15. The van der Waals surface area contributed by atoms with Crippen molar-refractivity contribution in [3.05, 3.63) is 65.4 Å². The van der Waals surface area contributed by atoms with Gasteiger partial charge in [-0.3, -0.25) is 0 Å². The van der Waals surface area contributed by atoms with E-state index in [1.165, 1.54) is 38.7 Å². The van der Waals surface area contributed by atoms with Gasteiger partial charge >= 0.3 is 0 Å². The summed E-state index contributed by atoms with van der Waals surface area (Å²) in [5.41, 5.74) is 6.99. The predicted octanol–water partition coefficient (Wildman–Crippen LogP) is 5.54. The molecule has 1 nitrogen and oxygen atoms in total. The van der Waals surface area contributed by atoms with Crippen LogP contribution in [0.4, 0.5) is 0 Å². The van der Waals surface area contributed by atoms with Crippen LogP contribution in [-0.4, -0.2) is 0 Å². The lowest BCUT2D eigenvalue weighted by Gasteiger charge is -2.19. The SMILES string of the molecule is Cc1ccccc1-c1c2ccc(CC(C)(C)C)cc2c(C)c[n+]1C. The van der Waals surface area contributed by atoms with E-state index in [1.54, 1.807) is 0 Å². The molecule has 0 aliphatic rings. The molecule has 0 spiro atoms. The first-order valence-corrected chi connectivity index (χ1v) is 8.74. The van der Waals surface area contributed by atoms with Crippen LogP contribution in [0.3, 0.4) is 0 Å². The molecule has 3 aromatic rings. The first-order chi connectivity index (χ1) is 11.3. The Labute approximate surface area is 146 Å². The Bertz CT molecular complexity index is 898. The number of nitrogens with zero attached hydrogens (tertiary/aromatic N) is 1. The van der Waals surface area contributed by atoms with Crippen LogP contribution < -0.4 is 4.57 Å². The molecule has 0 bridgehead atoms. The number of rotatable bonds is 2. The molecule has 1 heteroatoms. The maximum Gasteiger partial charge on any atom is 0.220 e. The van der Waals surface area contributed by atoms with Gasteiger partial charge in [-0.05, 0) is 54.3 Å². The molecular formula is C23H28N+.